The third-order valence-corrected chi connectivity index (χ3v) is 5.20. The molecule has 4 rings (SSSR count). The second-order valence-electron chi connectivity index (χ2n) is 6.97. The number of esters is 1. The van der Waals surface area contributed by atoms with Crippen LogP contribution in [0, 0.1) is 6.92 Å². The van der Waals surface area contributed by atoms with Crippen LogP contribution in [-0.2, 0) is 16.0 Å². The number of aromatic amines is 1. The molecule has 156 valence electrons. The number of H-pyrrole nitrogens is 1. The molecular formula is C21H24N6O3. The number of methoxy groups -OCH3 is 2. The highest BCUT2D eigenvalue weighted by molar-refractivity contribution is 6.03. The molecule has 0 amide bonds. The molecule has 0 bridgehead atoms. The third-order valence-electron chi connectivity index (χ3n) is 5.20. The minimum atomic E-state index is -0.371. The van der Waals surface area contributed by atoms with Gasteiger partial charge in [-0.3, -0.25) is 0 Å². The number of ether oxygens (including phenoxy) is 2. The summed E-state index contributed by atoms with van der Waals surface area (Å²) in [6.07, 6.45) is 2.35. The Labute approximate surface area is 173 Å². The normalized spacial score (nSPS) is 11.3. The number of fused-ring (bicyclic) bond motifs is 2. The number of carbonyl (C=O) groups is 1. The summed E-state index contributed by atoms with van der Waals surface area (Å²) in [5.41, 5.74) is 4.77. The molecule has 0 radical (unpaired) electrons. The average Bonchev–Trinajstić information content (AvgIpc) is 3.30. The molecule has 0 aliphatic heterocycles. The molecule has 4 aromatic rings. The second-order valence-corrected chi connectivity index (χ2v) is 6.97. The fourth-order valence-corrected chi connectivity index (χ4v) is 3.71. The number of hydrogen-bond acceptors (Lipinski definition) is 7. The molecule has 0 aliphatic rings. The van der Waals surface area contributed by atoms with Crippen molar-refractivity contribution in [3.63, 3.8) is 0 Å². The van der Waals surface area contributed by atoms with Crippen LogP contribution in [-0.4, -0.2) is 58.6 Å². The number of nitrogens with zero attached hydrogens (tertiary/aromatic N) is 4. The lowest BCUT2D eigenvalue weighted by atomic mass is 10.1. The van der Waals surface area contributed by atoms with E-state index in [0.717, 1.165) is 45.3 Å². The monoisotopic (exact) mass is 408 g/mol. The van der Waals surface area contributed by atoms with E-state index in [0.29, 0.717) is 24.5 Å². The first kappa shape index (κ1) is 19.8. The Balaban J connectivity index is 1.90. The highest BCUT2D eigenvalue weighted by Gasteiger charge is 2.21. The van der Waals surface area contributed by atoms with Gasteiger partial charge < -0.3 is 19.8 Å². The zero-order chi connectivity index (χ0) is 21.3. The standard InChI is InChI=1S/C21H24N6O3/c1-12-14-7-6-13(21(28)30-4)10-15(14)25-17(12)18-16-19(22-2)23-11-24-20(16)27(26-18)8-5-9-29-3/h6-7,10-11,25H,5,8-9H2,1-4H3,(H,22,23,24). The Bertz CT molecular complexity index is 1230. The van der Waals surface area contributed by atoms with E-state index < -0.39 is 0 Å². The smallest absolute Gasteiger partial charge is 0.337 e. The van der Waals surface area contributed by atoms with Gasteiger partial charge in [0.25, 0.3) is 0 Å². The van der Waals surface area contributed by atoms with Crippen LogP contribution in [0.3, 0.4) is 0 Å². The van der Waals surface area contributed by atoms with Gasteiger partial charge in [0.05, 0.1) is 23.8 Å². The molecule has 3 heterocycles. The van der Waals surface area contributed by atoms with Crippen LogP contribution in [0.2, 0.25) is 0 Å². The molecule has 30 heavy (non-hydrogen) atoms. The van der Waals surface area contributed by atoms with E-state index in [-0.39, 0.29) is 5.97 Å². The number of carbonyl (C=O) groups excluding carboxylic acids is 1. The minimum Gasteiger partial charge on any atom is -0.465 e. The van der Waals surface area contributed by atoms with Crippen LogP contribution in [0.1, 0.15) is 22.3 Å². The van der Waals surface area contributed by atoms with E-state index in [1.54, 1.807) is 19.2 Å². The summed E-state index contributed by atoms with van der Waals surface area (Å²) < 4.78 is 11.9. The molecular weight excluding hydrogens is 384 g/mol. The molecule has 0 atom stereocenters. The first-order chi connectivity index (χ1) is 14.6. The molecule has 1 aromatic carbocycles. The Morgan fingerprint density at radius 1 is 1.27 bits per heavy atom. The topological polar surface area (TPSA) is 107 Å². The Morgan fingerprint density at radius 3 is 2.83 bits per heavy atom. The second kappa shape index (κ2) is 8.11. The fraction of sp³-hybridized carbons (Fsp3) is 0.333. The van der Waals surface area contributed by atoms with Crippen LogP contribution >= 0.6 is 0 Å². The van der Waals surface area contributed by atoms with Crippen LogP contribution in [0.15, 0.2) is 24.5 Å². The quantitative estimate of drug-likeness (QED) is 0.357. The van der Waals surface area contributed by atoms with Crippen LogP contribution < -0.4 is 5.32 Å². The van der Waals surface area contributed by atoms with Crippen molar-refractivity contribution in [2.24, 2.45) is 0 Å². The van der Waals surface area contributed by atoms with Gasteiger partial charge in [-0.05, 0) is 31.0 Å². The van der Waals surface area contributed by atoms with Gasteiger partial charge in [0, 0.05) is 38.2 Å². The molecule has 0 fully saturated rings. The number of anilines is 1. The maximum absolute atomic E-state index is 11.9. The van der Waals surface area contributed by atoms with E-state index in [2.05, 4.69) is 20.3 Å². The minimum absolute atomic E-state index is 0.371. The highest BCUT2D eigenvalue weighted by atomic mass is 16.5. The van der Waals surface area contributed by atoms with E-state index in [1.165, 1.54) is 13.4 Å². The summed E-state index contributed by atoms with van der Waals surface area (Å²) in [4.78, 5) is 24.2. The van der Waals surface area contributed by atoms with Crippen molar-refractivity contribution in [1.29, 1.82) is 0 Å². The number of hydrogen-bond donors (Lipinski definition) is 2. The molecule has 0 saturated carbocycles. The van der Waals surface area contributed by atoms with Crippen molar-refractivity contribution in [2.45, 2.75) is 19.9 Å². The third kappa shape index (κ3) is 3.26. The Kier molecular flexibility index (Phi) is 5.37. The Morgan fingerprint density at radius 2 is 2.10 bits per heavy atom. The van der Waals surface area contributed by atoms with Gasteiger partial charge in [0.2, 0.25) is 0 Å². The number of aromatic nitrogens is 5. The lowest BCUT2D eigenvalue weighted by Crippen LogP contribution is -2.04. The summed E-state index contributed by atoms with van der Waals surface area (Å²) >= 11 is 0. The molecule has 9 heteroatoms. The zero-order valence-electron chi connectivity index (χ0n) is 17.4. The lowest BCUT2D eigenvalue weighted by Gasteiger charge is -2.03. The summed E-state index contributed by atoms with van der Waals surface area (Å²) in [7, 11) is 4.89. The van der Waals surface area contributed by atoms with Crippen LogP contribution in [0.4, 0.5) is 5.82 Å². The van der Waals surface area contributed by atoms with E-state index in [4.69, 9.17) is 14.6 Å². The summed E-state index contributed by atoms with van der Waals surface area (Å²) in [6, 6.07) is 5.48. The van der Waals surface area contributed by atoms with Crippen molar-refractivity contribution >= 4 is 33.7 Å². The van der Waals surface area contributed by atoms with E-state index >= 15 is 0 Å². The Hall–Kier alpha value is -3.46. The van der Waals surface area contributed by atoms with Crippen molar-refractivity contribution in [3.05, 3.63) is 35.7 Å². The summed E-state index contributed by atoms with van der Waals surface area (Å²) in [6.45, 7) is 3.35. The van der Waals surface area contributed by atoms with Gasteiger partial charge in [-0.15, -0.1) is 0 Å². The van der Waals surface area contributed by atoms with Crippen LogP contribution in [0.5, 0.6) is 0 Å². The molecule has 0 unspecified atom stereocenters. The maximum atomic E-state index is 11.9. The van der Waals surface area contributed by atoms with Gasteiger partial charge in [-0.1, -0.05) is 6.07 Å². The molecule has 9 nitrogen and oxygen atoms in total. The molecule has 3 aromatic heterocycles. The predicted octanol–water partition coefficient (Wildman–Crippen LogP) is 3.15. The SMILES string of the molecule is CNc1ncnc2c1c(-c1[nH]c3cc(C(=O)OC)ccc3c1C)nn2CCCOC. The number of aryl methyl sites for hydroxylation is 2. The van der Waals surface area contributed by atoms with Gasteiger partial charge in [0.15, 0.2) is 5.65 Å². The predicted molar refractivity (Wildman–Crippen MR) is 115 cm³/mol. The van der Waals surface area contributed by atoms with Crippen LogP contribution in [0.25, 0.3) is 33.3 Å². The largest absolute Gasteiger partial charge is 0.465 e. The number of rotatable bonds is 7. The number of benzene rings is 1. The van der Waals surface area contributed by atoms with Crippen molar-refractivity contribution in [2.75, 3.05) is 33.2 Å². The van der Waals surface area contributed by atoms with Gasteiger partial charge in [-0.2, -0.15) is 5.10 Å². The van der Waals surface area contributed by atoms with E-state index in [1.807, 2.05) is 24.7 Å². The maximum Gasteiger partial charge on any atom is 0.337 e. The van der Waals surface area contributed by atoms with Gasteiger partial charge >= 0.3 is 5.97 Å². The van der Waals surface area contributed by atoms with Crippen molar-refractivity contribution in [3.8, 4) is 11.4 Å². The summed E-state index contributed by atoms with van der Waals surface area (Å²) in [5, 5.41) is 9.87. The van der Waals surface area contributed by atoms with Crippen molar-refractivity contribution < 1.29 is 14.3 Å². The number of nitrogens with one attached hydrogen (secondary N) is 2. The van der Waals surface area contributed by atoms with Crippen molar-refractivity contribution in [1.82, 2.24) is 24.7 Å². The molecule has 0 saturated heterocycles. The first-order valence-electron chi connectivity index (χ1n) is 9.68. The molecule has 0 spiro atoms. The average molecular weight is 408 g/mol. The van der Waals surface area contributed by atoms with Gasteiger partial charge in [0.1, 0.15) is 17.8 Å². The molecule has 0 aliphatic carbocycles. The van der Waals surface area contributed by atoms with E-state index in [9.17, 15) is 4.79 Å². The molecule has 2 N–H and O–H groups in total. The zero-order valence-corrected chi connectivity index (χ0v) is 17.4. The highest BCUT2D eigenvalue weighted by Crippen LogP contribution is 2.35. The first-order valence-corrected chi connectivity index (χ1v) is 9.68. The van der Waals surface area contributed by atoms with Gasteiger partial charge in [-0.25, -0.2) is 19.4 Å². The lowest BCUT2D eigenvalue weighted by molar-refractivity contribution is 0.0601. The summed E-state index contributed by atoms with van der Waals surface area (Å²) in [5.74, 6) is 0.339. The fourth-order valence-electron chi connectivity index (χ4n) is 3.71.